The fourth-order valence-electron chi connectivity index (χ4n) is 0.450. The molecule has 1 rings (SSSR count). The largest absolute Gasteiger partial charge is 1.00 e. The predicted octanol–water partition coefficient (Wildman–Crippen LogP) is -0.819. The van der Waals surface area contributed by atoms with Crippen molar-refractivity contribution in [3.63, 3.8) is 0 Å². The second-order valence-electron chi connectivity index (χ2n) is 1.64. The third kappa shape index (κ3) is 3.38. The van der Waals surface area contributed by atoms with E-state index in [1.165, 1.54) is 6.07 Å². The molecule has 0 bridgehead atoms. The third-order valence-corrected chi connectivity index (χ3v) is 5.39. The van der Waals surface area contributed by atoms with Gasteiger partial charge in [0.25, 0.3) is 0 Å². The van der Waals surface area contributed by atoms with Gasteiger partial charge in [0.15, 0.2) is 0 Å². The molecule has 0 aliphatic carbocycles. The fourth-order valence-corrected chi connectivity index (χ4v) is 3.61. The van der Waals surface area contributed by atoms with Crippen LogP contribution in [-0.4, -0.2) is 13.0 Å². The molecule has 0 atom stereocenters. The van der Waals surface area contributed by atoms with Crippen LogP contribution >= 0.6 is 43.2 Å². The maximum absolute atomic E-state index is 10.4. The van der Waals surface area contributed by atoms with Crippen molar-refractivity contribution >= 4 is 53.3 Å². The summed E-state index contributed by atoms with van der Waals surface area (Å²) in [6.07, 6.45) is 0. The number of hydrogen-bond acceptors (Lipinski definition) is 4. The van der Waals surface area contributed by atoms with Gasteiger partial charge in [0.2, 0.25) is 0 Å². The van der Waals surface area contributed by atoms with Gasteiger partial charge >= 0.3 is 29.6 Å². The van der Waals surface area contributed by atoms with Crippen LogP contribution in [0.25, 0.3) is 0 Å². The van der Waals surface area contributed by atoms with E-state index in [9.17, 15) is 13.0 Å². The van der Waals surface area contributed by atoms with E-state index in [4.69, 9.17) is 0 Å². The number of halogens is 2. The van der Waals surface area contributed by atoms with E-state index in [0.29, 0.717) is 8.26 Å². The first-order valence-electron chi connectivity index (χ1n) is 2.32. The Bertz CT molecular complexity index is 352. The van der Waals surface area contributed by atoms with Crippen LogP contribution in [0.3, 0.4) is 0 Å². The van der Waals surface area contributed by atoms with E-state index in [0.717, 1.165) is 11.3 Å². The van der Waals surface area contributed by atoms with E-state index in [1.807, 2.05) is 0 Å². The minimum atomic E-state index is -4.30. The zero-order valence-electron chi connectivity index (χ0n) is 5.87. The Labute approximate surface area is 113 Å². The molecule has 0 saturated carbocycles. The summed E-state index contributed by atoms with van der Waals surface area (Å²) in [5.74, 6) is 0. The number of thiophene rings is 1. The Morgan fingerprint density at radius 1 is 1.42 bits per heavy atom. The zero-order chi connectivity index (χ0) is 8.65. The molecule has 1 heterocycles. The molecular formula is C4HBr2NaO3S2. The molecule has 0 saturated heterocycles. The van der Waals surface area contributed by atoms with Crippen molar-refractivity contribution < 1.29 is 42.5 Å². The van der Waals surface area contributed by atoms with Gasteiger partial charge in [-0.15, -0.1) is 11.3 Å². The van der Waals surface area contributed by atoms with E-state index in [-0.39, 0.29) is 33.8 Å². The van der Waals surface area contributed by atoms with Gasteiger partial charge in [-0.2, -0.15) is 0 Å². The number of rotatable bonds is 1. The second kappa shape index (κ2) is 4.88. The Kier molecular flexibility index (Phi) is 5.52. The van der Waals surface area contributed by atoms with Gasteiger partial charge in [0, 0.05) is 4.47 Å². The van der Waals surface area contributed by atoms with E-state index < -0.39 is 10.1 Å². The summed E-state index contributed by atoms with van der Waals surface area (Å²) in [5, 5.41) is 0. The average Bonchev–Trinajstić information content (AvgIpc) is 2.11. The first-order chi connectivity index (χ1) is 4.91. The molecule has 1 aromatic heterocycles. The summed E-state index contributed by atoms with van der Waals surface area (Å²) in [7, 11) is -4.30. The molecule has 8 heteroatoms. The monoisotopic (exact) mass is 342 g/mol. The van der Waals surface area contributed by atoms with Gasteiger partial charge in [0.1, 0.15) is 14.3 Å². The first kappa shape index (κ1) is 13.6. The van der Waals surface area contributed by atoms with Crippen molar-refractivity contribution in [3.05, 3.63) is 14.3 Å². The molecule has 0 spiro atoms. The van der Waals surface area contributed by atoms with Crippen LogP contribution in [0.1, 0.15) is 0 Å². The van der Waals surface area contributed by atoms with Gasteiger partial charge in [0.05, 0.1) is 3.79 Å². The molecule has 3 nitrogen and oxygen atoms in total. The molecule has 0 fully saturated rings. The van der Waals surface area contributed by atoms with Gasteiger partial charge in [-0.05, 0) is 37.9 Å². The van der Waals surface area contributed by atoms with Crippen LogP contribution in [0.4, 0.5) is 0 Å². The van der Waals surface area contributed by atoms with E-state index >= 15 is 0 Å². The van der Waals surface area contributed by atoms with Gasteiger partial charge in [-0.1, -0.05) is 0 Å². The molecule has 0 aliphatic rings. The summed E-state index contributed by atoms with van der Waals surface area (Å²) in [4.78, 5) is 0. The summed E-state index contributed by atoms with van der Waals surface area (Å²) in [6, 6.07) is 1.27. The van der Waals surface area contributed by atoms with Crippen LogP contribution in [0.5, 0.6) is 0 Å². The molecular weight excluding hydrogens is 343 g/mol. The summed E-state index contributed by atoms with van der Waals surface area (Å²) >= 11 is 7.04. The van der Waals surface area contributed by atoms with Gasteiger partial charge in [-0.25, -0.2) is 8.42 Å². The maximum Gasteiger partial charge on any atom is 1.00 e. The maximum atomic E-state index is 10.4. The van der Waals surface area contributed by atoms with Crippen molar-refractivity contribution in [1.82, 2.24) is 0 Å². The van der Waals surface area contributed by atoms with Crippen LogP contribution in [0.2, 0.25) is 0 Å². The molecule has 12 heavy (non-hydrogen) atoms. The average molecular weight is 344 g/mol. The first-order valence-corrected chi connectivity index (χ1v) is 6.13. The van der Waals surface area contributed by atoms with Crippen LogP contribution in [-0.2, 0) is 10.1 Å². The quantitative estimate of drug-likeness (QED) is 0.494. The minimum Gasteiger partial charge on any atom is -0.743 e. The Morgan fingerprint density at radius 2 is 1.92 bits per heavy atom. The summed E-state index contributed by atoms with van der Waals surface area (Å²) < 4.78 is 32.2. The SMILES string of the molecule is O=S(=O)([O-])c1cc(Br)c(Br)s1.[Na+]. The summed E-state index contributed by atoms with van der Waals surface area (Å²) in [6.45, 7) is 0. The molecule has 1 aromatic rings. The van der Waals surface area contributed by atoms with Crippen molar-refractivity contribution in [3.8, 4) is 0 Å². The van der Waals surface area contributed by atoms with Crippen molar-refractivity contribution in [1.29, 1.82) is 0 Å². The molecule has 62 valence electrons. The smallest absolute Gasteiger partial charge is 0.743 e. The normalized spacial score (nSPS) is 10.9. The van der Waals surface area contributed by atoms with Crippen LogP contribution in [0, 0.1) is 0 Å². The van der Waals surface area contributed by atoms with E-state index in [2.05, 4.69) is 31.9 Å². The molecule has 0 N–H and O–H groups in total. The van der Waals surface area contributed by atoms with Gasteiger partial charge < -0.3 is 4.55 Å². The van der Waals surface area contributed by atoms with Crippen molar-refractivity contribution in [2.24, 2.45) is 0 Å². The fraction of sp³-hybridized carbons (Fsp3) is 0. The standard InChI is InChI=1S/C4H2Br2O3S2.Na/c5-2-1-3(10-4(2)6)11(7,8)9;/h1H,(H,7,8,9);/q;+1/p-1. The molecule has 0 amide bonds. The Balaban J connectivity index is 0.00000121. The third-order valence-electron chi connectivity index (χ3n) is 0.869. The second-order valence-corrected chi connectivity index (χ2v) is 6.47. The molecule has 0 radical (unpaired) electrons. The van der Waals surface area contributed by atoms with Crippen LogP contribution < -0.4 is 29.6 Å². The topological polar surface area (TPSA) is 57.2 Å². The summed E-state index contributed by atoms with van der Waals surface area (Å²) in [5.41, 5.74) is 0. The Hall–Kier alpha value is 1.57. The molecule has 0 unspecified atom stereocenters. The number of hydrogen-bond donors (Lipinski definition) is 0. The minimum absolute atomic E-state index is 0. The van der Waals surface area contributed by atoms with Crippen LogP contribution in [0.15, 0.2) is 18.5 Å². The Morgan fingerprint density at radius 3 is 2.08 bits per heavy atom. The van der Waals surface area contributed by atoms with E-state index in [1.54, 1.807) is 0 Å². The predicted molar refractivity (Wildman–Crippen MR) is 47.7 cm³/mol. The molecule has 0 aromatic carbocycles. The zero-order valence-corrected chi connectivity index (χ0v) is 12.7. The van der Waals surface area contributed by atoms with Crippen molar-refractivity contribution in [2.75, 3.05) is 0 Å². The molecule has 0 aliphatic heterocycles. The van der Waals surface area contributed by atoms with Crippen molar-refractivity contribution in [2.45, 2.75) is 4.21 Å². The van der Waals surface area contributed by atoms with Gasteiger partial charge in [-0.3, -0.25) is 0 Å².